The largest absolute Gasteiger partial charge is 0.481 e. The number of carboxylic acid groups (broad SMARTS) is 3. The standard InChI is InChI=1S/C71H95N5O13S2/c1-6-7-21-44-75-59-33-19-17-31-55(59)70(2,3)62(75)41-37-51-28-24-29-52(38-42-63-71(4,5)56-32-18-20-34-60(56)76(63)45-22-23-46-91(87,88)89)66(51)90-49-53(67(82)83)48-61(78)58(47-50-26-13-12-14-27-50)73-64(79)35-16-11-9-8-10-15-30-54(77)39-40-57(68(84)85)74-69(86)72-43-25-36-65(80)81/h12-14,17-20,26-27,31-34,37-38,41-42,53,57-58H,6-11,15-16,21-25,28-30,35-36,39-40,43-49H2,1-5H3,(H6-,72,73,74,79,80,81,82,83,84,85,86,87,88,89)/p+1/t53-,57?,58+/m1/s1. The Morgan fingerprint density at radius 3 is 2.07 bits per heavy atom. The maximum Gasteiger partial charge on any atom is 0.326 e. The molecule has 3 aromatic rings. The molecule has 2 aliphatic heterocycles. The highest BCUT2D eigenvalue weighted by atomic mass is 32.2. The highest BCUT2D eigenvalue weighted by Gasteiger charge is 2.44. The lowest BCUT2D eigenvalue weighted by molar-refractivity contribution is -0.438. The maximum atomic E-state index is 14.5. The number of para-hydroxylation sites is 2. The molecule has 0 aromatic heterocycles. The molecular weight excluding hydrogens is 1190 g/mol. The van der Waals surface area contributed by atoms with Crippen molar-refractivity contribution in [2.24, 2.45) is 5.92 Å². The van der Waals surface area contributed by atoms with Crippen LogP contribution in [0.5, 0.6) is 0 Å². The van der Waals surface area contributed by atoms with Crippen LogP contribution in [0.15, 0.2) is 125 Å². The molecule has 0 saturated carbocycles. The smallest absolute Gasteiger partial charge is 0.326 e. The second kappa shape index (κ2) is 35.6. The number of hydrogen-bond acceptors (Lipinski definition) is 11. The molecule has 0 saturated heterocycles. The Hall–Kier alpha value is -7.16. The summed E-state index contributed by atoms with van der Waals surface area (Å²) in [6, 6.07) is 23.1. The van der Waals surface area contributed by atoms with Gasteiger partial charge in [0.25, 0.3) is 10.1 Å². The van der Waals surface area contributed by atoms with Gasteiger partial charge >= 0.3 is 23.9 Å². The van der Waals surface area contributed by atoms with Crippen molar-refractivity contribution >= 4 is 80.4 Å². The van der Waals surface area contributed by atoms with E-state index >= 15 is 0 Å². The van der Waals surface area contributed by atoms with E-state index in [1.807, 2.05) is 42.5 Å². The molecule has 3 aromatic carbocycles. The van der Waals surface area contributed by atoms with Gasteiger partial charge in [-0.2, -0.15) is 13.0 Å². The molecule has 0 fully saturated rings. The lowest BCUT2D eigenvalue weighted by Gasteiger charge is -2.28. The van der Waals surface area contributed by atoms with Crippen LogP contribution in [-0.4, -0.2) is 123 Å². The van der Waals surface area contributed by atoms with Crippen molar-refractivity contribution in [3.63, 3.8) is 0 Å². The number of fused-ring (bicyclic) bond motifs is 2. The summed E-state index contributed by atoms with van der Waals surface area (Å²) in [5, 5.41) is 37.0. The van der Waals surface area contributed by atoms with Crippen molar-refractivity contribution in [3.8, 4) is 0 Å². The molecule has 0 radical (unpaired) electrons. The van der Waals surface area contributed by atoms with Crippen molar-refractivity contribution in [2.75, 3.05) is 36.0 Å². The third kappa shape index (κ3) is 22.3. The first-order chi connectivity index (χ1) is 43.4. The number of amides is 3. The number of benzene rings is 3. The summed E-state index contributed by atoms with van der Waals surface area (Å²) in [7, 11) is -4.12. The lowest BCUT2D eigenvalue weighted by atomic mass is 9.81. The number of ketones is 2. The predicted molar refractivity (Wildman–Crippen MR) is 359 cm³/mol. The number of nitrogens with zero attached hydrogens (tertiary/aromatic N) is 2. The first-order valence-corrected chi connectivity index (χ1v) is 35.1. The number of thioether (sulfide) groups is 1. The van der Waals surface area contributed by atoms with Gasteiger partial charge in [0.15, 0.2) is 11.5 Å². The molecule has 494 valence electrons. The molecule has 3 amide bonds. The summed E-state index contributed by atoms with van der Waals surface area (Å²) in [6.45, 7) is 12.6. The summed E-state index contributed by atoms with van der Waals surface area (Å²) >= 11 is 1.46. The third-order valence-corrected chi connectivity index (χ3v) is 19.7. The molecular formula is C71H96N5O13S2+. The maximum absolute atomic E-state index is 14.5. The molecule has 91 heavy (non-hydrogen) atoms. The zero-order chi connectivity index (χ0) is 66.1. The number of hydrogen-bond donors (Lipinski definition) is 7. The zero-order valence-electron chi connectivity index (χ0n) is 53.8. The normalized spacial score (nSPS) is 17.0. The fourth-order valence-electron chi connectivity index (χ4n) is 12.4. The number of carbonyl (C=O) groups is 7. The van der Waals surface area contributed by atoms with Crippen LogP contribution < -0.4 is 20.9 Å². The molecule has 3 aliphatic rings. The predicted octanol–water partition coefficient (Wildman–Crippen LogP) is 12.7. The number of unbranched alkanes of at least 4 members (excludes halogenated alkanes) is 8. The summed E-state index contributed by atoms with van der Waals surface area (Å²) in [6.07, 6.45) is 19.7. The van der Waals surface area contributed by atoms with Crippen LogP contribution in [0.25, 0.3) is 0 Å². The number of carboxylic acids is 3. The molecule has 1 aliphatic carbocycles. The summed E-state index contributed by atoms with van der Waals surface area (Å²) in [4.78, 5) is 91.9. The van der Waals surface area contributed by atoms with Gasteiger partial charge in [-0.3, -0.25) is 28.5 Å². The third-order valence-electron chi connectivity index (χ3n) is 17.5. The minimum atomic E-state index is -4.12. The molecule has 3 atom stereocenters. The van der Waals surface area contributed by atoms with Crippen LogP contribution in [0, 0.1) is 5.92 Å². The Kier molecular flexibility index (Phi) is 28.5. The molecule has 18 nitrogen and oxygen atoms in total. The van der Waals surface area contributed by atoms with Gasteiger partial charge in [-0.05, 0) is 119 Å². The van der Waals surface area contributed by atoms with Crippen molar-refractivity contribution in [1.29, 1.82) is 0 Å². The van der Waals surface area contributed by atoms with Crippen LogP contribution >= 0.6 is 11.8 Å². The van der Waals surface area contributed by atoms with Crippen LogP contribution in [0.4, 0.5) is 16.2 Å². The van der Waals surface area contributed by atoms with Gasteiger partial charge in [-0.25, -0.2) is 9.59 Å². The first kappa shape index (κ1) is 72.9. The van der Waals surface area contributed by atoms with E-state index in [-0.39, 0.29) is 92.3 Å². The number of rotatable bonds is 40. The molecule has 7 N–H and O–H groups in total. The van der Waals surface area contributed by atoms with E-state index in [9.17, 15) is 56.7 Å². The van der Waals surface area contributed by atoms with Crippen LogP contribution in [0.1, 0.15) is 186 Å². The number of Topliss-reactive ketones (excluding diaryl/α,β-unsaturated/α-hetero) is 2. The van der Waals surface area contributed by atoms with E-state index in [0.717, 1.165) is 109 Å². The van der Waals surface area contributed by atoms with E-state index in [4.69, 9.17) is 5.11 Å². The summed E-state index contributed by atoms with van der Waals surface area (Å²) in [5.74, 6) is -5.50. The molecule has 20 heteroatoms. The van der Waals surface area contributed by atoms with Gasteiger partial charge in [-0.15, -0.1) is 11.8 Å². The van der Waals surface area contributed by atoms with Gasteiger partial charge in [0.2, 0.25) is 11.6 Å². The highest BCUT2D eigenvalue weighted by Crippen LogP contribution is 2.49. The van der Waals surface area contributed by atoms with Crippen molar-refractivity contribution in [1.82, 2.24) is 16.0 Å². The first-order valence-electron chi connectivity index (χ1n) is 32.5. The average molecular weight is 1290 g/mol. The lowest BCUT2D eigenvalue weighted by Crippen LogP contribution is -2.46. The van der Waals surface area contributed by atoms with E-state index in [0.29, 0.717) is 32.2 Å². The van der Waals surface area contributed by atoms with Crippen LogP contribution in [0.2, 0.25) is 0 Å². The number of allylic oxidation sites excluding steroid dienone is 7. The second-order valence-electron chi connectivity index (χ2n) is 25.3. The Morgan fingerprint density at radius 2 is 1.37 bits per heavy atom. The Balaban J connectivity index is 1.15. The van der Waals surface area contributed by atoms with Gasteiger partial charge in [0.05, 0.1) is 23.1 Å². The van der Waals surface area contributed by atoms with Gasteiger partial charge < -0.3 is 36.2 Å². The Morgan fingerprint density at radius 1 is 0.692 bits per heavy atom. The number of carbonyl (C=O) groups excluding carboxylic acids is 4. The highest BCUT2D eigenvalue weighted by molar-refractivity contribution is 8.03. The average Bonchev–Trinajstić information content (AvgIpc) is 1.61. The second-order valence-corrected chi connectivity index (χ2v) is 27.9. The van der Waals surface area contributed by atoms with Crippen molar-refractivity contribution in [2.45, 2.75) is 199 Å². The molecule has 1 unspecified atom stereocenters. The van der Waals surface area contributed by atoms with Crippen molar-refractivity contribution in [3.05, 3.63) is 142 Å². The minimum Gasteiger partial charge on any atom is -0.481 e. The quantitative estimate of drug-likeness (QED) is 0.0158. The SMILES string of the molecule is CCCCC[N+]1=C(C=CC2=C(SC[C@@H](CC(=O)[C@H](Cc3ccccc3)NC(=O)CCCCCCCCC(=O)CCC(NC(=O)NCCCC(=O)O)C(=O)O)C(=O)O)C(=CC=C3N(CCCCS(=O)(=O)O)c4ccccc4C3(C)C)CCC2)C(C)(C)c2ccccc21. The van der Waals surface area contributed by atoms with E-state index < -0.39 is 57.5 Å². The van der Waals surface area contributed by atoms with Crippen molar-refractivity contribution < 1.29 is 66.4 Å². The van der Waals surface area contributed by atoms with E-state index in [2.05, 4.69) is 121 Å². The van der Waals surface area contributed by atoms with E-state index in [1.54, 1.807) is 0 Å². The van der Waals surface area contributed by atoms with Gasteiger partial charge in [0, 0.05) is 96.8 Å². The van der Waals surface area contributed by atoms with E-state index in [1.165, 1.54) is 28.7 Å². The topological polar surface area (TPSA) is 277 Å². The summed E-state index contributed by atoms with van der Waals surface area (Å²) in [5.41, 5.74) is 9.11. The molecule has 0 spiro atoms. The molecule has 2 heterocycles. The minimum absolute atomic E-state index is 0.0252. The zero-order valence-corrected chi connectivity index (χ0v) is 55.4. The summed E-state index contributed by atoms with van der Waals surface area (Å²) < 4.78 is 35.3. The molecule has 0 bridgehead atoms. The number of aliphatic carboxylic acids is 3. The van der Waals surface area contributed by atoms with Gasteiger partial charge in [0.1, 0.15) is 18.4 Å². The van der Waals surface area contributed by atoms with Gasteiger partial charge in [-0.1, -0.05) is 132 Å². The van der Waals surface area contributed by atoms with Crippen LogP contribution in [-0.2, 0) is 56.1 Å². The fraction of sp³-hybridized carbons (Fsp3) is 0.521. The Labute approximate surface area is 542 Å². The number of nitrogens with one attached hydrogen (secondary N) is 3. The fourth-order valence-corrected chi connectivity index (χ4v) is 14.3. The van der Waals surface area contributed by atoms with Crippen LogP contribution in [0.3, 0.4) is 0 Å². The Bertz CT molecular complexity index is 3310. The number of urea groups is 1. The monoisotopic (exact) mass is 1290 g/mol. The number of anilines is 1. The molecule has 6 rings (SSSR count).